The molecule has 0 aromatic heterocycles. The maximum absolute atomic E-state index is 11.8. The monoisotopic (exact) mass is 303 g/mol. The topological polar surface area (TPSA) is 67.1 Å². The molecule has 0 unspecified atom stereocenters. The van der Waals surface area contributed by atoms with Gasteiger partial charge in [-0.05, 0) is 42.7 Å². The number of anilines is 2. The van der Waals surface area contributed by atoms with Crippen LogP contribution in [0.2, 0.25) is 5.02 Å². The van der Waals surface area contributed by atoms with Crippen LogP contribution in [0.3, 0.4) is 0 Å². The fourth-order valence-corrected chi connectivity index (χ4v) is 2.19. The number of halogens is 1. The number of nitrogen functional groups attached to an aromatic ring is 1. The summed E-state index contributed by atoms with van der Waals surface area (Å²) in [5.74, 6) is 0. The normalized spacial score (nSPS) is 10.2. The molecule has 2 amide bonds. The Morgan fingerprint density at radius 2 is 2.00 bits per heavy atom. The summed E-state index contributed by atoms with van der Waals surface area (Å²) in [7, 11) is 0. The van der Waals surface area contributed by atoms with E-state index in [4.69, 9.17) is 17.3 Å². The smallest absolute Gasteiger partial charge is 0.319 e. The Morgan fingerprint density at radius 1 is 1.24 bits per heavy atom. The Kier molecular flexibility index (Phi) is 5.06. The number of hydrogen-bond acceptors (Lipinski definition) is 2. The van der Waals surface area contributed by atoms with Gasteiger partial charge in [0.15, 0.2) is 0 Å². The van der Waals surface area contributed by atoms with E-state index >= 15 is 0 Å². The van der Waals surface area contributed by atoms with Gasteiger partial charge in [0.2, 0.25) is 0 Å². The predicted molar refractivity (Wildman–Crippen MR) is 87.8 cm³/mol. The molecule has 0 aliphatic rings. The fraction of sp³-hybridized carbons (Fsp3) is 0.188. The molecule has 4 N–H and O–H groups in total. The van der Waals surface area contributed by atoms with E-state index in [2.05, 4.69) is 10.6 Å². The van der Waals surface area contributed by atoms with Crippen LogP contribution in [0, 0.1) is 6.92 Å². The summed E-state index contributed by atoms with van der Waals surface area (Å²) in [5.41, 5.74) is 9.02. The lowest BCUT2D eigenvalue weighted by Gasteiger charge is -2.11. The number of carbonyl (C=O) groups excluding carboxylic acids is 1. The van der Waals surface area contributed by atoms with E-state index in [0.717, 1.165) is 11.1 Å². The minimum absolute atomic E-state index is 0.278. The van der Waals surface area contributed by atoms with Crippen LogP contribution in [0.4, 0.5) is 16.2 Å². The molecule has 0 atom stereocenters. The highest BCUT2D eigenvalue weighted by Gasteiger charge is 2.05. The predicted octanol–water partition coefficient (Wildman–Crippen LogP) is 3.59. The molecule has 0 bridgehead atoms. The number of benzene rings is 2. The first-order chi connectivity index (χ1) is 10.1. The number of amides is 2. The van der Waals surface area contributed by atoms with E-state index in [-0.39, 0.29) is 6.03 Å². The van der Waals surface area contributed by atoms with E-state index in [1.807, 2.05) is 43.3 Å². The van der Waals surface area contributed by atoms with Crippen LogP contribution in [0.1, 0.15) is 11.1 Å². The number of hydrogen-bond donors (Lipinski definition) is 3. The molecule has 4 nitrogen and oxygen atoms in total. The zero-order chi connectivity index (χ0) is 15.2. The quantitative estimate of drug-likeness (QED) is 0.756. The van der Waals surface area contributed by atoms with Gasteiger partial charge < -0.3 is 16.4 Å². The lowest BCUT2D eigenvalue weighted by Crippen LogP contribution is -2.30. The highest BCUT2D eigenvalue weighted by molar-refractivity contribution is 6.31. The molecule has 0 radical (unpaired) electrons. The second-order valence-corrected chi connectivity index (χ2v) is 5.22. The summed E-state index contributed by atoms with van der Waals surface area (Å²) in [5, 5.41) is 6.24. The highest BCUT2D eigenvalue weighted by Crippen LogP contribution is 2.19. The van der Waals surface area contributed by atoms with Crippen molar-refractivity contribution in [1.29, 1.82) is 0 Å². The summed E-state index contributed by atoms with van der Waals surface area (Å²) >= 11 is 6.06. The number of rotatable bonds is 4. The molecule has 21 heavy (non-hydrogen) atoms. The Bertz CT molecular complexity index is 643. The van der Waals surface area contributed by atoms with Gasteiger partial charge in [0.25, 0.3) is 0 Å². The molecule has 0 spiro atoms. The summed E-state index contributed by atoms with van der Waals surface area (Å²) < 4.78 is 0. The van der Waals surface area contributed by atoms with Crippen LogP contribution >= 0.6 is 11.6 Å². The number of nitrogens with two attached hydrogens (primary N) is 1. The molecule has 0 aliphatic heterocycles. The van der Waals surface area contributed by atoms with E-state index in [0.29, 0.717) is 29.4 Å². The van der Waals surface area contributed by atoms with Gasteiger partial charge in [0, 0.05) is 11.6 Å². The highest BCUT2D eigenvalue weighted by atomic mass is 35.5. The van der Waals surface area contributed by atoms with Crippen molar-refractivity contribution in [3.8, 4) is 0 Å². The molecule has 2 aromatic carbocycles. The van der Waals surface area contributed by atoms with E-state index in [9.17, 15) is 4.79 Å². The fourth-order valence-electron chi connectivity index (χ4n) is 1.96. The average molecular weight is 304 g/mol. The third-order valence-corrected chi connectivity index (χ3v) is 3.46. The maximum atomic E-state index is 11.8. The summed E-state index contributed by atoms with van der Waals surface area (Å²) in [4.78, 5) is 11.8. The lowest BCUT2D eigenvalue weighted by molar-refractivity contribution is 0.252. The van der Waals surface area contributed by atoms with Crippen LogP contribution in [0.5, 0.6) is 0 Å². The van der Waals surface area contributed by atoms with Crippen LogP contribution in [-0.2, 0) is 6.42 Å². The third-order valence-electron chi connectivity index (χ3n) is 3.09. The van der Waals surface area contributed by atoms with Crippen LogP contribution in [0.15, 0.2) is 42.5 Å². The van der Waals surface area contributed by atoms with Gasteiger partial charge in [-0.15, -0.1) is 0 Å². The van der Waals surface area contributed by atoms with Crippen LogP contribution in [-0.4, -0.2) is 12.6 Å². The van der Waals surface area contributed by atoms with Gasteiger partial charge in [-0.1, -0.05) is 35.9 Å². The standard InChI is InChI=1S/C16H18ClN3O/c1-11-6-7-14(18)15(10-11)20-16(21)19-9-8-12-4-2-3-5-13(12)17/h2-7,10H,8-9,18H2,1H3,(H2,19,20,21). The van der Waals surface area contributed by atoms with Crippen LogP contribution in [0.25, 0.3) is 0 Å². The van der Waals surface area contributed by atoms with Gasteiger partial charge in [-0.3, -0.25) is 0 Å². The lowest BCUT2D eigenvalue weighted by atomic mass is 10.1. The minimum Gasteiger partial charge on any atom is -0.397 e. The van der Waals surface area contributed by atoms with Crippen molar-refractivity contribution in [2.75, 3.05) is 17.6 Å². The molecule has 2 rings (SSSR count). The van der Waals surface area contributed by atoms with Crippen molar-refractivity contribution >= 4 is 29.0 Å². The average Bonchev–Trinajstić information content (AvgIpc) is 2.45. The van der Waals surface area contributed by atoms with Crippen molar-refractivity contribution < 1.29 is 4.79 Å². The van der Waals surface area contributed by atoms with Gasteiger partial charge in [0.05, 0.1) is 11.4 Å². The van der Waals surface area contributed by atoms with Crippen LogP contribution < -0.4 is 16.4 Å². The minimum atomic E-state index is -0.278. The molecular weight excluding hydrogens is 286 g/mol. The number of aryl methyl sites for hydroxylation is 1. The molecule has 0 saturated carbocycles. The first-order valence-corrected chi connectivity index (χ1v) is 7.08. The number of urea groups is 1. The van der Waals surface area contributed by atoms with Crippen molar-refractivity contribution in [2.24, 2.45) is 0 Å². The molecule has 0 saturated heterocycles. The zero-order valence-electron chi connectivity index (χ0n) is 11.8. The molecule has 2 aromatic rings. The van der Waals surface area contributed by atoms with Gasteiger partial charge in [0.1, 0.15) is 0 Å². The zero-order valence-corrected chi connectivity index (χ0v) is 12.6. The second kappa shape index (κ2) is 6.99. The van der Waals surface area contributed by atoms with E-state index in [1.165, 1.54) is 0 Å². The molecular formula is C16H18ClN3O. The van der Waals surface area contributed by atoms with E-state index < -0.39 is 0 Å². The Hall–Kier alpha value is -2.20. The molecule has 0 heterocycles. The molecule has 5 heteroatoms. The third kappa shape index (κ3) is 4.39. The second-order valence-electron chi connectivity index (χ2n) is 4.81. The largest absolute Gasteiger partial charge is 0.397 e. The molecule has 110 valence electrons. The maximum Gasteiger partial charge on any atom is 0.319 e. The Morgan fingerprint density at radius 3 is 2.76 bits per heavy atom. The summed E-state index contributed by atoms with van der Waals surface area (Å²) in [6.45, 7) is 2.45. The Balaban J connectivity index is 1.85. The van der Waals surface area contributed by atoms with E-state index in [1.54, 1.807) is 6.07 Å². The Labute approximate surface area is 129 Å². The number of carbonyl (C=O) groups is 1. The SMILES string of the molecule is Cc1ccc(N)c(NC(=O)NCCc2ccccc2Cl)c1. The van der Waals surface area contributed by atoms with Gasteiger partial charge in [-0.25, -0.2) is 4.79 Å². The van der Waals surface area contributed by atoms with Crippen molar-refractivity contribution in [1.82, 2.24) is 5.32 Å². The summed E-state index contributed by atoms with van der Waals surface area (Å²) in [6, 6.07) is 12.8. The number of nitrogens with one attached hydrogen (secondary N) is 2. The van der Waals surface area contributed by atoms with Gasteiger partial charge >= 0.3 is 6.03 Å². The molecule has 0 aliphatic carbocycles. The van der Waals surface area contributed by atoms with Crippen molar-refractivity contribution in [2.45, 2.75) is 13.3 Å². The first kappa shape index (κ1) is 15.2. The van der Waals surface area contributed by atoms with Gasteiger partial charge in [-0.2, -0.15) is 0 Å². The van der Waals surface area contributed by atoms with Crippen molar-refractivity contribution in [3.05, 3.63) is 58.6 Å². The van der Waals surface area contributed by atoms with Crippen molar-refractivity contribution in [3.63, 3.8) is 0 Å². The first-order valence-electron chi connectivity index (χ1n) is 6.70. The summed E-state index contributed by atoms with van der Waals surface area (Å²) in [6.07, 6.45) is 0.677. The molecule has 0 fully saturated rings.